The van der Waals surface area contributed by atoms with E-state index in [2.05, 4.69) is 45.7 Å². The van der Waals surface area contributed by atoms with Crippen LogP contribution in [-0.2, 0) is 19.5 Å². The number of halogens is 1. The molecule has 0 bridgehead atoms. The smallest absolute Gasteiger partial charge is 0.173 e. The molecule has 0 amide bonds. The lowest BCUT2D eigenvalue weighted by atomic mass is 10.0. The van der Waals surface area contributed by atoms with E-state index in [1.807, 2.05) is 30.7 Å². The number of imidazole rings is 1. The first-order chi connectivity index (χ1) is 14.1. The zero-order chi connectivity index (χ0) is 20.6. The molecular formula is C23H27FN4S. The number of hydrogen-bond acceptors (Lipinski definition) is 2. The van der Waals surface area contributed by atoms with Crippen molar-refractivity contribution >= 4 is 23.0 Å². The van der Waals surface area contributed by atoms with Crippen LogP contribution in [0, 0.1) is 12.7 Å². The molecule has 4 nitrogen and oxygen atoms in total. The maximum atomic E-state index is 13.3. The fourth-order valence-corrected chi connectivity index (χ4v) is 3.67. The molecule has 3 rings (SSSR count). The summed E-state index contributed by atoms with van der Waals surface area (Å²) in [5.41, 5.74) is 4.61. The lowest BCUT2D eigenvalue weighted by Gasteiger charge is -2.27. The average Bonchev–Trinajstić information content (AvgIpc) is 3.22. The number of thiocarbonyl (C=S) groups is 1. The second kappa shape index (κ2) is 10.2. The minimum Gasteiger partial charge on any atom is -0.345 e. The maximum Gasteiger partial charge on any atom is 0.173 e. The van der Waals surface area contributed by atoms with Crippen LogP contribution in [0.3, 0.4) is 0 Å². The third-order valence-electron chi connectivity index (χ3n) is 4.98. The Labute approximate surface area is 177 Å². The molecule has 0 radical (unpaired) electrons. The largest absolute Gasteiger partial charge is 0.345 e. The lowest BCUT2D eigenvalue weighted by Crippen LogP contribution is -2.35. The Morgan fingerprint density at radius 3 is 2.69 bits per heavy atom. The Hall–Kier alpha value is -2.73. The highest BCUT2D eigenvalue weighted by Gasteiger charge is 2.13. The third-order valence-corrected chi connectivity index (χ3v) is 5.34. The SMILES string of the molecule is CCc1c(C)cccc1NC(=S)N(CCCn1ccnc1)Cc1ccc(F)cc1. The summed E-state index contributed by atoms with van der Waals surface area (Å²) in [5.74, 6) is -0.228. The van der Waals surface area contributed by atoms with Gasteiger partial charge in [0.05, 0.1) is 6.33 Å². The fraction of sp³-hybridized carbons (Fsp3) is 0.304. The minimum absolute atomic E-state index is 0.228. The first-order valence-electron chi connectivity index (χ1n) is 9.91. The van der Waals surface area contributed by atoms with Crippen LogP contribution in [0.15, 0.2) is 61.2 Å². The standard InChI is InChI=1S/C23H27FN4S/c1-3-21-18(2)6-4-7-22(21)26-23(29)28(14-5-13-27-15-12-25-17-27)16-19-8-10-20(24)11-9-19/h4,6-12,15,17H,3,5,13-14,16H2,1-2H3,(H,26,29). The van der Waals surface area contributed by atoms with Gasteiger partial charge in [0.25, 0.3) is 0 Å². The van der Waals surface area contributed by atoms with Gasteiger partial charge in [0, 0.05) is 37.7 Å². The molecular weight excluding hydrogens is 383 g/mol. The number of benzene rings is 2. The number of aryl methyl sites for hydroxylation is 2. The predicted molar refractivity (Wildman–Crippen MR) is 120 cm³/mol. The summed E-state index contributed by atoms with van der Waals surface area (Å²) in [5, 5.41) is 4.12. The Kier molecular flexibility index (Phi) is 7.36. The average molecular weight is 411 g/mol. The van der Waals surface area contributed by atoms with Gasteiger partial charge in [-0.05, 0) is 66.9 Å². The second-order valence-corrected chi connectivity index (χ2v) is 7.47. The van der Waals surface area contributed by atoms with E-state index in [0.29, 0.717) is 11.7 Å². The zero-order valence-electron chi connectivity index (χ0n) is 16.9. The van der Waals surface area contributed by atoms with Gasteiger partial charge < -0.3 is 14.8 Å². The molecule has 0 aliphatic heterocycles. The minimum atomic E-state index is -0.228. The van der Waals surface area contributed by atoms with Gasteiger partial charge in [-0.1, -0.05) is 31.2 Å². The van der Waals surface area contributed by atoms with E-state index < -0.39 is 0 Å². The van der Waals surface area contributed by atoms with Crippen LogP contribution in [0.2, 0.25) is 0 Å². The summed E-state index contributed by atoms with van der Waals surface area (Å²) in [4.78, 5) is 6.23. The molecule has 0 saturated heterocycles. The Balaban J connectivity index is 1.72. The highest BCUT2D eigenvalue weighted by molar-refractivity contribution is 7.80. The Bertz CT molecular complexity index is 923. The molecule has 152 valence electrons. The lowest BCUT2D eigenvalue weighted by molar-refractivity contribution is 0.395. The van der Waals surface area contributed by atoms with Crippen LogP contribution >= 0.6 is 12.2 Å². The molecule has 29 heavy (non-hydrogen) atoms. The molecule has 6 heteroatoms. The van der Waals surface area contributed by atoms with E-state index in [0.717, 1.165) is 37.2 Å². The molecule has 0 unspecified atom stereocenters. The topological polar surface area (TPSA) is 33.1 Å². The van der Waals surface area contributed by atoms with Crippen molar-refractivity contribution in [3.8, 4) is 0 Å². The highest BCUT2D eigenvalue weighted by atomic mass is 32.1. The van der Waals surface area contributed by atoms with Gasteiger partial charge in [-0.15, -0.1) is 0 Å². The fourth-order valence-electron chi connectivity index (χ4n) is 3.41. The Morgan fingerprint density at radius 1 is 1.21 bits per heavy atom. The van der Waals surface area contributed by atoms with Gasteiger partial charge in [-0.2, -0.15) is 0 Å². The quantitative estimate of drug-likeness (QED) is 0.519. The van der Waals surface area contributed by atoms with Crippen LogP contribution in [0.4, 0.5) is 10.1 Å². The summed E-state index contributed by atoms with van der Waals surface area (Å²) in [6, 6.07) is 12.8. The number of rotatable bonds is 8. The van der Waals surface area contributed by atoms with Gasteiger partial charge >= 0.3 is 0 Å². The summed E-state index contributed by atoms with van der Waals surface area (Å²) in [7, 11) is 0. The number of hydrogen-bond donors (Lipinski definition) is 1. The summed E-state index contributed by atoms with van der Waals surface area (Å²) < 4.78 is 15.3. The summed E-state index contributed by atoms with van der Waals surface area (Å²) in [6.45, 7) is 6.55. The Morgan fingerprint density at radius 2 is 2.00 bits per heavy atom. The number of aromatic nitrogens is 2. The van der Waals surface area contributed by atoms with E-state index >= 15 is 0 Å². The van der Waals surface area contributed by atoms with Gasteiger partial charge in [-0.3, -0.25) is 0 Å². The second-order valence-electron chi connectivity index (χ2n) is 7.09. The van der Waals surface area contributed by atoms with E-state index in [4.69, 9.17) is 12.2 Å². The third kappa shape index (κ3) is 5.87. The van der Waals surface area contributed by atoms with Crippen LogP contribution in [0.5, 0.6) is 0 Å². The number of nitrogens with zero attached hydrogens (tertiary/aromatic N) is 3. The molecule has 3 aromatic rings. The molecule has 0 aliphatic carbocycles. The first-order valence-corrected chi connectivity index (χ1v) is 10.3. The first kappa shape index (κ1) is 21.0. The van der Waals surface area contributed by atoms with Crippen molar-refractivity contribution in [2.24, 2.45) is 0 Å². The molecule has 1 heterocycles. The van der Waals surface area contributed by atoms with Crippen LogP contribution in [-0.4, -0.2) is 26.1 Å². The van der Waals surface area contributed by atoms with Crippen LogP contribution < -0.4 is 5.32 Å². The van der Waals surface area contributed by atoms with Crippen molar-refractivity contribution in [2.45, 2.75) is 39.8 Å². The normalized spacial score (nSPS) is 10.7. The van der Waals surface area contributed by atoms with Gasteiger partial charge in [0.15, 0.2) is 5.11 Å². The van der Waals surface area contributed by atoms with Crippen LogP contribution in [0.1, 0.15) is 30.0 Å². The molecule has 0 saturated carbocycles. The summed E-state index contributed by atoms with van der Waals surface area (Å²) >= 11 is 5.77. The van der Waals surface area contributed by atoms with Crippen molar-refractivity contribution in [3.05, 3.63) is 83.7 Å². The molecule has 0 spiro atoms. The van der Waals surface area contributed by atoms with E-state index in [9.17, 15) is 4.39 Å². The zero-order valence-corrected chi connectivity index (χ0v) is 17.8. The predicted octanol–water partition coefficient (Wildman–Crippen LogP) is 5.18. The van der Waals surface area contributed by atoms with Crippen molar-refractivity contribution in [1.82, 2.24) is 14.5 Å². The van der Waals surface area contributed by atoms with Gasteiger partial charge in [-0.25, -0.2) is 9.37 Å². The molecule has 0 aliphatic rings. The van der Waals surface area contributed by atoms with Crippen molar-refractivity contribution in [3.63, 3.8) is 0 Å². The van der Waals surface area contributed by atoms with Crippen molar-refractivity contribution < 1.29 is 4.39 Å². The molecule has 1 aromatic heterocycles. The van der Waals surface area contributed by atoms with Crippen LogP contribution in [0.25, 0.3) is 0 Å². The summed E-state index contributed by atoms with van der Waals surface area (Å²) in [6.07, 6.45) is 7.43. The molecule has 1 N–H and O–H groups in total. The molecule has 0 fully saturated rings. The number of anilines is 1. The van der Waals surface area contributed by atoms with Gasteiger partial charge in [0.2, 0.25) is 0 Å². The van der Waals surface area contributed by atoms with Crippen molar-refractivity contribution in [1.29, 1.82) is 0 Å². The van der Waals surface area contributed by atoms with E-state index in [1.165, 1.54) is 23.3 Å². The van der Waals surface area contributed by atoms with E-state index in [-0.39, 0.29) is 5.82 Å². The molecule has 2 aromatic carbocycles. The highest BCUT2D eigenvalue weighted by Crippen LogP contribution is 2.21. The monoisotopic (exact) mass is 410 g/mol. The van der Waals surface area contributed by atoms with Gasteiger partial charge in [0.1, 0.15) is 5.82 Å². The maximum absolute atomic E-state index is 13.3. The number of nitrogens with one attached hydrogen (secondary N) is 1. The molecule has 0 atom stereocenters. The van der Waals surface area contributed by atoms with E-state index in [1.54, 1.807) is 6.20 Å². The van der Waals surface area contributed by atoms with Crippen molar-refractivity contribution in [2.75, 3.05) is 11.9 Å².